The van der Waals surface area contributed by atoms with Crippen molar-refractivity contribution in [2.24, 2.45) is 0 Å². The quantitative estimate of drug-likeness (QED) is 0.764. The number of rotatable bonds is 5. The standard InChI is InChI=1S/C12H11FN4O4/c13-8-5-7(11(18)19)1-2-9(8)17-12(20)14-4-3-10-15-6-16-21-10/h1-2,5-6H,3-4H2,(H,18,19)(H2,14,17,20). The van der Waals surface area contributed by atoms with Crippen molar-refractivity contribution in [3.8, 4) is 0 Å². The Morgan fingerprint density at radius 2 is 2.19 bits per heavy atom. The van der Waals surface area contributed by atoms with E-state index in [2.05, 4.69) is 20.8 Å². The summed E-state index contributed by atoms with van der Waals surface area (Å²) >= 11 is 0. The summed E-state index contributed by atoms with van der Waals surface area (Å²) in [6, 6.07) is 2.57. The van der Waals surface area contributed by atoms with Crippen molar-refractivity contribution >= 4 is 17.7 Å². The predicted molar refractivity (Wildman–Crippen MR) is 68.4 cm³/mol. The van der Waals surface area contributed by atoms with E-state index in [4.69, 9.17) is 9.63 Å². The molecule has 1 aromatic carbocycles. The molecule has 3 N–H and O–H groups in total. The summed E-state index contributed by atoms with van der Waals surface area (Å²) in [5.74, 6) is -1.71. The predicted octanol–water partition coefficient (Wildman–Crippen LogP) is 1.27. The molecular formula is C12H11FN4O4. The molecule has 0 radical (unpaired) electrons. The maximum absolute atomic E-state index is 13.6. The molecule has 2 rings (SSSR count). The molecule has 0 saturated heterocycles. The molecule has 0 spiro atoms. The number of nitrogens with zero attached hydrogens (tertiary/aromatic N) is 2. The van der Waals surface area contributed by atoms with Crippen molar-refractivity contribution in [3.05, 3.63) is 41.8 Å². The number of carbonyl (C=O) groups excluding carboxylic acids is 1. The van der Waals surface area contributed by atoms with Crippen LogP contribution in [0.4, 0.5) is 14.9 Å². The monoisotopic (exact) mass is 294 g/mol. The van der Waals surface area contributed by atoms with Crippen LogP contribution in [0.3, 0.4) is 0 Å². The number of carboxylic acids is 1. The second-order valence-electron chi connectivity index (χ2n) is 3.97. The average molecular weight is 294 g/mol. The van der Waals surface area contributed by atoms with Crippen LogP contribution < -0.4 is 10.6 Å². The van der Waals surface area contributed by atoms with Crippen molar-refractivity contribution in [1.82, 2.24) is 15.5 Å². The number of hydrogen-bond donors (Lipinski definition) is 3. The maximum atomic E-state index is 13.6. The summed E-state index contributed by atoms with van der Waals surface area (Å²) in [7, 11) is 0. The molecular weight excluding hydrogens is 283 g/mol. The highest BCUT2D eigenvalue weighted by Gasteiger charge is 2.10. The summed E-state index contributed by atoms with van der Waals surface area (Å²) < 4.78 is 18.3. The van der Waals surface area contributed by atoms with Crippen LogP contribution >= 0.6 is 0 Å². The highest BCUT2D eigenvalue weighted by atomic mass is 19.1. The van der Waals surface area contributed by atoms with Crippen LogP contribution in [0.1, 0.15) is 16.2 Å². The van der Waals surface area contributed by atoms with E-state index in [1.807, 2.05) is 0 Å². The number of carboxylic acid groups (broad SMARTS) is 1. The van der Waals surface area contributed by atoms with Crippen LogP contribution in [0.2, 0.25) is 0 Å². The van der Waals surface area contributed by atoms with Gasteiger partial charge in [0, 0.05) is 13.0 Å². The molecule has 110 valence electrons. The van der Waals surface area contributed by atoms with E-state index < -0.39 is 17.8 Å². The molecule has 0 bridgehead atoms. The zero-order chi connectivity index (χ0) is 15.2. The lowest BCUT2D eigenvalue weighted by Gasteiger charge is -2.08. The minimum atomic E-state index is -1.25. The van der Waals surface area contributed by atoms with Gasteiger partial charge in [0.15, 0.2) is 6.33 Å². The largest absolute Gasteiger partial charge is 0.478 e. The fourth-order valence-electron chi connectivity index (χ4n) is 1.51. The molecule has 2 amide bonds. The molecule has 0 saturated carbocycles. The zero-order valence-corrected chi connectivity index (χ0v) is 10.7. The van der Waals surface area contributed by atoms with Crippen LogP contribution in [0.5, 0.6) is 0 Å². The topological polar surface area (TPSA) is 117 Å². The summed E-state index contributed by atoms with van der Waals surface area (Å²) in [5, 5.41) is 16.9. The lowest BCUT2D eigenvalue weighted by atomic mass is 10.2. The maximum Gasteiger partial charge on any atom is 0.335 e. The third-order valence-corrected chi connectivity index (χ3v) is 2.50. The number of aromatic nitrogens is 2. The Morgan fingerprint density at radius 3 is 2.81 bits per heavy atom. The minimum Gasteiger partial charge on any atom is -0.478 e. The van der Waals surface area contributed by atoms with Crippen LogP contribution in [0.15, 0.2) is 29.0 Å². The first kappa shape index (κ1) is 14.4. The number of hydrogen-bond acceptors (Lipinski definition) is 5. The number of halogens is 1. The second-order valence-corrected chi connectivity index (χ2v) is 3.97. The molecule has 0 aliphatic carbocycles. The lowest BCUT2D eigenvalue weighted by Crippen LogP contribution is -2.30. The number of benzene rings is 1. The molecule has 1 heterocycles. The molecule has 0 aliphatic heterocycles. The van der Waals surface area contributed by atoms with Gasteiger partial charge in [0.1, 0.15) is 5.82 Å². The van der Waals surface area contributed by atoms with Crippen molar-refractivity contribution < 1.29 is 23.6 Å². The van der Waals surface area contributed by atoms with Gasteiger partial charge < -0.3 is 20.3 Å². The summed E-state index contributed by atoms with van der Waals surface area (Å²) in [4.78, 5) is 26.0. The fourth-order valence-corrected chi connectivity index (χ4v) is 1.51. The average Bonchev–Trinajstić information content (AvgIpc) is 2.94. The lowest BCUT2D eigenvalue weighted by molar-refractivity contribution is 0.0696. The molecule has 9 heteroatoms. The molecule has 1 aromatic heterocycles. The van der Waals surface area contributed by atoms with Gasteiger partial charge in [-0.15, -0.1) is 0 Å². The van der Waals surface area contributed by atoms with Crippen molar-refractivity contribution in [2.75, 3.05) is 11.9 Å². The zero-order valence-electron chi connectivity index (χ0n) is 10.7. The first-order valence-corrected chi connectivity index (χ1v) is 5.89. The van der Waals surface area contributed by atoms with E-state index in [0.29, 0.717) is 12.3 Å². The highest BCUT2D eigenvalue weighted by molar-refractivity contribution is 5.91. The molecule has 0 atom stereocenters. The van der Waals surface area contributed by atoms with Gasteiger partial charge in [-0.3, -0.25) is 0 Å². The molecule has 8 nitrogen and oxygen atoms in total. The number of urea groups is 1. The normalized spacial score (nSPS) is 10.1. The van der Waals surface area contributed by atoms with Crippen molar-refractivity contribution in [3.63, 3.8) is 0 Å². The minimum absolute atomic E-state index is 0.115. The Bertz CT molecular complexity index is 645. The van der Waals surface area contributed by atoms with Gasteiger partial charge in [-0.2, -0.15) is 4.98 Å². The Hall–Kier alpha value is -2.97. The smallest absolute Gasteiger partial charge is 0.335 e. The van der Waals surface area contributed by atoms with E-state index in [1.54, 1.807) is 0 Å². The van der Waals surface area contributed by atoms with E-state index in [0.717, 1.165) is 6.07 Å². The highest BCUT2D eigenvalue weighted by Crippen LogP contribution is 2.15. The summed E-state index contributed by atoms with van der Waals surface area (Å²) in [5.41, 5.74) is -0.315. The Labute approximate surface area is 118 Å². The third kappa shape index (κ3) is 4.00. The van der Waals surface area contributed by atoms with Gasteiger partial charge >= 0.3 is 12.0 Å². The van der Waals surface area contributed by atoms with Crippen molar-refractivity contribution in [2.45, 2.75) is 6.42 Å². The third-order valence-electron chi connectivity index (χ3n) is 2.50. The number of carbonyl (C=O) groups is 2. The molecule has 2 aromatic rings. The Morgan fingerprint density at radius 1 is 1.38 bits per heavy atom. The van der Waals surface area contributed by atoms with Crippen molar-refractivity contribution in [1.29, 1.82) is 0 Å². The number of nitrogens with one attached hydrogen (secondary N) is 2. The fraction of sp³-hybridized carbons (Fsp3) is 0.167. The second kappa shape index (κ2) is 6.46. The Kier molecular flexibility index (Phi) is 4.44. The summed E-state index contributed by atoms with van der Waals surface area (Å²) in [6.45, 7) is 0.225. The number of amides is 2. The van der Waals surface area contributed by atoms with Crippen LogP contribution in [-0.4, -0.2) is 33.8 Å². The van der Waals surface area contributed by atoms with Crippen LogP contribution in [0.25, 0.3) is 0 Å². The molecule has 0 unspecified atom stereocenters. The van der Waals surface area contributed by atoms with E-state index in [9.17, 15) is 14.0 Å². The number of anilines is 1. The first-order chi connectivity index (χ1) is 10.1. The van der Waals surface area contributed by atoms with Gasteiger partial charge in [-0.1, -0.05) is 5.16 Å². The van der Waals surface area contributed by atoms with Gasteiger partial charge in [0.2, 0.25) is 5.89 Å². The number of aromatic carboxylic acids is 1. The van der Waals surface area contributed by atoms with Crippen LogP contribution in [-0.2, 0) is 6.42 Å². The van der Waals surface area contributed by atoms with Gasteiger partial charge in [-0.05, 0) is 18.2 Å². The van der Waals surface area contributed by atoms with E-state index in [-0.39, 0.29) is 17.8 Å². The molecule has 21 heavy (non-hydrogen) atoms. The van der Waals surface area contributed by atoms with Gasteiger partial charge in [0.05, 0.1) is 11.3 Å². The molecule has 0 fully saturated rings. The van der Waals surface area contributed by atoms with E-state index >= 15 is 0 Å². The van der Waals surface area contributed by atoms with Gasteiger partial charge in [0.25, 0.3) is 0 Å². The van der Waals surface area contributed by atoms with Crippen LogP contribution in [0, 0.1) is 5.82 Å². The SMILES string of the molecule is O=C(NCCc1ncno1)Nc1ccc(C(=O)O)cc1F. The molecule has 0 aliphatic rings. The van der Waals surface area contributed by atoms with E-state index in [1.165, 1.54) is 18.5 Å². The Balaban J connectivity index is 1.86. The summed E-state index contributed by atoms with van der Waals surface area (Å²) in [6.07, 6.45) is 1.59. The first-order valence-electron chi connectivity index (χ1n) is 5.89. The van der Waals surface area contributed by atoms with Gasteiger partial charge in [-0.25, -0.2) is 14.0 Å².